The lowest BCUT2D eigenvalue weighted by atomic mass is 10.0. The van der Waals surface area contributed by atoms with Crippen LogP contribution in [0.1, 0.15) is 37.2 Å². The van der Waals surface area contributed by atoms with Gasteiger partial charge >= 0.3 is 0 Å². The van der Waals surface area contributed by atoms with Crippen molar-refractivity contribution < 1.29 is 22.7 Å². The van der Waals surface area contributed by atoms with E-state index in [1.807, 2.05) is 31.2 Å². The molecule has 1 fully saturated rings. The van der Waals surface area contributed by atoms with Gasteiger partial charge in [-0.1, -0.05) is 17.3 Å². The first-order chi connectivity index (χ1) is 15.2. The lowest BCUT2D eigenvalue weighted by molar-refractivity contribution is -0.135. The minimum Gasteiger partial charge on any atom is -0.484 e. The highest BCUT2D eigenvalue weighted by atomic mass is 32.2. The highest BCUT2D eigenvalue weighted by molar-refractivity contribution is 7.90. The maximum Gasteiger partial charge on any atom is 0.260 e. The van der Waals surface area contributed by atoms with E-state index < -0.39 is 20.9 Å². The van der Waals surface area contributed by atoms with Crippen LogP contribution in [-0.2, 0) is 39.3 Å². The lowest BCUT2D eigenvalue weighted by Gasteiger charge is -2.33. The number of amides is 1. The minimum atomic E-state index is -3.39. The largest absolute Gasteiger partial charge is 0.484 e. The fraction of sp³-hybridized carbons (Fsp3) is 0.571. The number of benzene rings is 1. The van der Waals surface area contributed by atoms with Crippen molar-refractivity contribution in [2.45, 2.75) is 57.7 Å². The summed E-state index contributed by atoms with van der Waals surface area (Å²) in [4.78, 5) is 14.4. The lowest BCUT2D eigenvalue weighted by Crippen LogP contribution is -2.46. The summed E-state index contributed by atoms with van der Waals surface area (Å²) in [7, 11) is -3.39. The molecule has 2 aliphatic rings. The number of carbonyl (C=O) groups excluding carboxylic acids is 1. The number of nitrogens with one attached hydrogen (secondary N) is 1. The van der Waals surface area contributed by atoms with Crippen LogP contribution >= 0.6 is 0 Å². The second-order valence-electron chi connectivity index (χ2n) is 8.70. The molecule has 174 valence electrons. The predicted octanol–water partition coefficient (Wildman–Crippen LogP) is 0.995. The molecule has 0 saturated carbocycles. The van der Waals surface area contributed by atoms with E-state index in [0.717, 1.165) is 11.3 Å². The van der Waals surface area contributed by atoms with Gasteiger partial charge in [-0.25, -0.2) is 17.8 Å². The molecule has 1 atom stereocenters. The average molecular weight is 464 g/mol. The molecule has 1 amide bonds. The summed E-state index contributed by atoms with van der Waals surface area (Å²) in [5.74, 6) is 0.592. The molecule has 0 bridgehead atoms. The molecule has 10 nitrogen and oxygen atoms in total. The first kappa shape index (κ1) is 22.7. The summed E-state index contributed by atoms with van der Waals surface area (Å²) in [6.45, 7) is 7.05. The molecular weight excluding hydrogens is 434 g/mol. The second-order valence-corrected chi connectivity index (χ2v) is 11.0. The van der Waals surface area contributed by atoms with Crippen LogP contribution in [0.5, 0.6) is 5.75 Å². The Hall–Kier alpha value is -2.50. The number of nitrogens with zero attached hydrogens (tertiary/aromatic N) is 4. The van der Waals surface area contributed by atoms with Crippen molar-refractivity contribution in [1.29, 1.82) is 0 Å². The molecule has 1 unspecified atom stereocenters. The van der Waals surface area contributed by atoms with Crippen LogP contribution in [0.4, 0.5) is 0 Å². The monoisotopic (exact) mass is 463 g/mol. The number of likely N-dealkylation sites (tertiary alicyclic amines) is 1. The molecule has 0 aliphatic carbocycles. The average Bonchev–Trinajstić information content (AvgIpc) is 3.35. The summed E-state index contributed by atoms with van der Waals surface area (Å²) in [5.41, 5.74) is 1.87. The Balaban J connectivity index is 1.34. The topological polar surface area (TPSA) is 116 Å². The molecule has 1 spiro atoms. The van der Waals surface area contributed by atoms with Gasteiger partial charge in [-0.05, 0) is 44.9 Å². The van der Waals surface area contributed by atoms with Crippen LogP contribution in [0.3, 0.4) is 0 Å². The van der Waals surface area contributed by atoms with Gasteiger partial charge in [0.1, 0.15) is 17.0 Å². The Morgan fingerprint density at radius 2 is 2.16 bits per heavy atom. The highest BCUT2D eigenvalue weighted by Gasteiger charge is 2.44. The number of rotatable bonds is 7. The summed E-state index contributed by atoms with van der Waals surface area (Å²) >= 11 is 0. The first-order valence-electron chi connectivity index (χ1n) is 10.7. The number of ether oxygens (including phenoxy) is 2. The SMILES string of the molecule is Cc1cccc(OCC(=O)N2CCC3(C2)Cn2nnc(CNS(=O)(=O)C(C)C)c2CO3)c1. The highest BCUT2D eigenvalue weighted by Crippen LogP contribution is 2.32. The predicted molar refractivity (Wildman–Crippen MR) is 116 cm³/mol. The zero-order valence-electron chi connectivity index (χ0n) is 18.6. The van der Waals surface area contributed by atoms with Gasteiger partial charge < -0.3 is 14.4 Å². The van der Waals surface area contributed by atoms with Crippen molar-refractivity contribution in [2.24, 2.45) is 0 Å². The van der Waals surface area contributed by atoms with E-state index in [9.17, 15) is 13.2 Å². The Morgan fingerprint density at radius 3 is 2.91 bits per heavy atom. The number of aromatic nitrogens is 3. The molecule has 3 heterocycles. The molecular formula is C21H29N5O5S. The number of carbonyl (C=O) groups is 1. The van der Waals surface area contributed by atoms with E-state index in [0.29, 0.717) is 37.5 Å². The molecule has 1 N–H and O–H groups in total. The number of sulfonamides is 1. The van der Waals surface area contributed by atoms with Gasteiger partial charge in [0.25, 0.3) is 5.91 Å². The fourth-order valence-corrected chi connectivity index (χ4v) is 4.58. The first-order valence-corrected chi connectivity index (χ1v) is 12.2. The smallest absolute Gasteiger partial charge is 0.260 e. The molecule has 0 radical (unpaired) electrons. The Morgan fingerprint density at radius 1 is 1.34 bits per heavy atom. The zero-order chi connectivity index (χ0) is 22.9. The van der Waals surface area contributed by atoms with Gasteiger partial charge in [0.15, 0.2) is 6.61 Å². The number of hydrogen-bond donors (Lipinski definition) is 1. The van der Waals surface area contributed by atoms with E-state index in [-0.39, 0.29) is 25.7 Å². The minimum absolute atomic E-state index is 0.0196. The van der Waals surface area contributed by atoms with Gasteiger partial charge in [0.05, 0.1) is 37.2 Å². The van der Waals surface area contributed by atoms with Crippen molar-refractivity contribution in [1.82, 2.24) is 24.6 Å². The van der Waals surface area contributed by atoms with E-state index >= 15 is 0 Å². The quantitative estimate of drug-likeness (QED) is 0.651. The van der Waals surface area contributed by atoms with E-state index in [1.165, 1.54) is 0 Å². The maximum atomic E-state index is 12.7. The van der Waals surface area contributed by atoms with E-state index in [4.69, 9.17) is 9.47 Å². The Bertz CT molecular complexity index is 1100. The molecule has 1 saturated heterocycles. The van der Waals surface area contributed by atoms with Crippen molar-refractivity contribution in [3.8, 4) is 5.75 Å². The number of fused-ring (bicyclic) bond motifs is 1. The van der Waals surface area contributed by atoms with Crippen molar-refractivity contribution in [3.05, 3.63) is 41.2 Å². The molecule has 2 aliphatic heterocycles. The normalized spacial score (nSPS) is 20.7. The maximum absolute atomic E-state index is 12.7. The molecule has 11 heteroatoms. The summed E-state index contributed by atoms with van der Waals surface area (Å²) in [5, 5.41) is 7.82. The molecule has 32 heavy (non-hydrogen) atoms. The second kappa shape index (κ2) is 8.80. The zero-order valence-corrected chi connectivity index (χ0v) is 19.4. The van der Waals surface area contributed by atoms with Crippen LogP contribution in [0.15, 0.2) is 24.3 Å². The summed E-state index contributed by atoms with van der Waals surface area (Å²) in [6.07, 6.45) is 0.692. The van der Waals surface area contributed by atoms with Crippen LogP contribution in [0, 0.1) is 6.92 Å². The van der Waals surface area contributed by atoms with Gasteiger partial charge in [-0.2, -0.15) is 0 Å². The Labute approximate surface area is 187 Å². The molecule has 2 aromatic rings. The number of aryl methyl sites for hydroxylation is 1. The van der Waals surface area contributed by atoms with Crippen molar-refractivity contribution in [3.63, 3.8) is 0 Å². The van der Waals surface area contributed by atoms with Gasteiger partial charge in [-0.3, -0.25) is 4.79 Å². The van der Waals surface area contributed by atoms with Crippen LogP contribution < -0.4 is 9.46 Å². The van der Waals surface area contributed by atoms with E-state index in [1.54, 1.807) is 23.4 Å². The molecule has 1 aromatic carbocycles. The van der Waals surface area contributed by atoms with E-state index in [2.05, 4.69) is 15.0 Å². The van der Waals surface area contributed by atoms with Crippen LogP contribution in [0.2, 0.25) is 0 Å². The van der Waals surface area contributed by atoms with Gasteiger partial charge in [0, 0.05) is 6.54 Å². The third-order valence-electron chi connectivity index (χ3n) is 5.95. The summed E-state index contributed by atoms with van der Waals surface area (Å²) in [6, 6.07) is 7.60. The van der Waals surface area contributed by atoms with Crippen LogP contribution in [0.25, 0.3) is 0 Å². The van der Waals surface area contributed by atoms with Crippen molar-refractivity contribution >= 4 is 15.9 Å². The van der Waals surface area contributed by atoms with Gasteiger partial charge in [0.2, 0.25) is 10.0 Å². The molecule has 1 aromatic heterocycles. The molecule has 4 rings (SSSR count). The third-order valence-corrected chi connectivity index (χ3v) is 7.74. The van der Waals surface area contributed by atoms with Crippen molar-refractivity contribution in [2.75, 3.05) is 19.7 Å². The standard InChI is InChI=1S/C21H29N5O5S/c1-15(2)32(28,29)22-10-18-19-11-31-21(14-26(19)24-23-18)7-8-25(13-21)20(27)12-30-17-6-4-5-16(3)9-17/h4-6,9,15,22H,7-8,10-14H2,1-3H3. The fourth-order valence-electron chi connectivity index (χ4n) is 3.91. The summed E-state index contributed by atoms with van der Waals surface area (Å²) < 4.78 is 40.2. The third kappa shape index (κ3) is 4.79. The van der Waals surface area contributed by atoms with Gasteiger partial charge in [-0.15, -0.1) is 5.10 Å². The van der Waals surface area contributed by atoms with Crippen LogP contribution in [-0.4, -0.2) is 64.8 Å². The number of hydrogen-bond acceptors (Lipinski definition) is 7. The Kier molecular flexibility index (Phi) is 6.24.